The topological polar surface area (TPSA) is 87.4 Å². The van der Waals surface area contributed by atoms with Crippen molar-refractivity contribution in [3.05, 3.63) is 60.2 Å². The molecule has 0 atom stereocenters. The molecule has 1 aromatic heterocycles. The number of nitrogens with zero attached hydrogens (tertiary/aromatic N) is 4. The first-order valence-electron chi connectivity index (χ1n) is 7.15. The van der Waals surface area contributed by atoms with Gasteiger partial charge in [0.2, 0.25) is 0 Å². The van der Waals surface area contributed by atoms with E-state index in [1.54, 1.807) is 23.4 Å². The lowest BCUT2D eigenvalue weighted by molar-refractivity contribution is 0.209. The van der Waals surface area contributed by atoms with Crippen LogP contribution in [0, 0.1) is 0 Å². The Morgan fingerprint density at radius 3 is 2.77 bits per heavy atom. The molecule has 1 aromatic rings. The zero-order valence-corrected chi connectivity index (χ0v) is 12.1. The number of hydrogen-bond donors (Lipinski definition) is 2. The van der Waals surface area contributed by atoms with Crippen LogP contribution >= 0.6 is 0 Å². The fourth-order valence-electron chi connectivity index (χ4n) is 2.69. The number of nitrogens with one attached hydrogen (secondary N) is 1. The van der Waals surface area contributed by atoms with Crippen molar-refractivity contribution in [1.82, 2.24) is 25.1 Å². The largest absolute Gasteiger partial charge is 0.366 e. The van der Waals surface area contributed by atoms with Crippen LogP contribution in [0.4, 0.5) is 4.79 Å². The highest BCUT2D eigenvalue weighted by Gasteiger charge is 2.33. The summed E-state index contributed by atoms with van der Waals surface area (Å²) in [7, 11) is 0. The van der Waals surface area contributed by atoms with Crippen LogP contribution in [0.25, 0.3) is 0 Å². The van der Waals surface area contributed by atoms with Crippen LogP contribution in [0.2, 0.25) is 0 Å². The molecular weight excluding hydrogens is 280 g/mol. The molecule has 0 saturated heterocycles. The smallest absolute Gasteiger partial charge is 0.324 e. The van der Waals surface area contributed by atoms with E-state index >= 15 is 0 Å². The lowest BCUT2D eigenvalue weighted by Crippen LogP contribution is -2.51. The summed E-state index contributed by atoms with van der Waals surface area (Å²) in [5, 5.41) is 3.22. The average Bonchev–Trinajstić information content (AvgIpc) is 2.57. The highest BCUT2D eigenvalue weighted by molar-refractivity contribution is 5.77. The molecule has 0 saturated carbocycles. The number of allylic oxidation sites excluding steroid dienone is 1. The molecule has 0 aromatic carbocycles. The Morgan fingerprint density at radius 2 is 2.14 bits per heavy atom. The molecule has 0 fully saturated rings. The molecule has 7 nitrogen and oxygen atoms in total. The molecule has 4 rings (SSSR count). The van der Waals surface area contributed by atoms with Gasteiger partial charge in [-0.2, -0.15) is 0 Å². The molecule has 22 heavy (non-hydrogen) atoms. The zero-order valence-electron chi connectivity index (χ0n) is 12.1. The summed E-state index contributed by atoms with van der Waals surface area (Å²) in [6.45, 7) is 2.51. The summed E-state index contributed by atoms with van der Waals surface area (Å²) < 4.78 is 0. The highest BCUT2D eigenvalue weighted by atomic mass is 16.2. The summed E-state index contributed by atoms with van der Waals surface area (Å²) in [6, 6.07) is 1.36. The van der Waals surface area contributed by atoms with Gasteiger partial charge in [0.1, 0.15) is 12.1 Å². The van der Waals surface area contributed by atoms with Gasteiger partial charge in [0.25, 0.3) is 0 Å². The molecule has 7 heteroatoms. The number of fused-ring (bicyclic) bond motifs is 3. The lowest BCUT2D eigenvalue weighted by Gasteiger charge is -2.43. The Kier molecular flexibility index (Phi) is 4.04. The molecule has 3 N–H and O–H groups in total. The molecule has 2 bridgehead atoms. The van der Waals surface area contributed by atoms with Crippen LogP contribution < -0.4 is 11.1 Å². The average molecular weight is 298 g/mol. The van der Waals surface area contributed by atoms with E-state index in [0.29, 0.717) is 0 Å². The van der Waals surface area contributed by atoms with E-state index in [4.69, 9.17) is 5.73 Å². The number of nitrogens with two attached hydrogens (primary N) is 1. The fourth-order valence-corrected chi connectivity index (χ4v) is 2.69. The van der Waals surface area contributed by atoms with Crippen molar-refractivity contribution in [2.24, 2.45) is 5.73 Å². The molecule has 0 unspecified atom stereocenters. The molecule has 0 aliphatic carbocycles. The molecule has 0 radical (unpaired) electrons. The maximum Gasteiger partial charge on any atom is 0.324 e. The van der Waals surface area contributed by atoms with E-state index in [2.05, 4.69) is 38.4 Å². The molecule has 3 aliphatic rings. The van der Waals surface area contributed by atoms with Crippen LogP contribution in [0.1, 0.15) is 6.42 Å². The molecule has 0 spiro atoms. The van der Waals surface area contributed by atoms with Gasteiger partial charge in [-0.15, -0.1) is 0 Å². The van der Waals surface area contributed by atoms with E-state index < -0.39 is 6.03 Å². The fraction of sp³-hybridized carbons (Fsp3) is 0.267. The van der Waals surface area contributed by atoms with Crippen molar-refractivity contribution in [2.45, 2.75) is 6.42 Å². The van der Waals surface area contributed by atoms with Gasteiger partial charge < -0.3 is 16.0 Å². The number of aromatic nitrogens is 2. The number of urea groups is 1. The Balaban J connectivity index is 0.000000202. The second kappa shape index (κ2) is 6.30. The summed E-state index contributed by atoms with van der Waals surface area (Å²) in [5.41, 5.74) is 7.50. The predicted octanol–water partition coefficient (Wildman–Crippen LogP) is 0.775. The number of dihydropyridines is 1. The van der Waals surface area contributed by atoms with Crippen molar-refractivity contribution < 1.29 is 4.79 Å². The Morgan fingerprint density at radius 1 is 1.32 bits per heavy atom. The summed E-state index contributed by atoms with van der Waals surface area (Å²) >= 11 is 0. The summed E-state index contributed by atoms with van der Waals surface area (Å²) in [4.78, 5) is 22.7. The number of primary amides is 1. The maximum atomic E-state index is 11.5. The third-order valence-electron chi connectivity index (χ3n) is 3.59. The van der Waals surface area contributed by atoms with Crippen molar-refractivity contribution in [2.75, 3.05) is 19.6 Å². The molecule has 2 amide bonds. The van der Waals surface area contributed by atoms with Crippen LogP contribution in [-0.4, -0.2) is 45.4 Å². The van der Waals surface area contributed by atoms with Crippen LogP contribution in [0.5, 0.6) is 0 Å². The Labute approximate surface area is 128 Å². The van der Waals surface area contributed by atoms with Crippen LogP contribution in [0.15, 0.2) is 60.2 Å². The number of hydrogen-bond acceptors (Lipinski definition) is 5. The predicted molar refractivity (Wildman–Crippen MR) is 81.9 cm³/mol. The lowest BCUT2D eigenvalue weighted by atomic mass is 10.1. The maximum absolute atomic E-state index is 11.5. The number of carbonyl (C=O) groups excluding carboxylic acids is 1. The van der Waals surface area contributed by atoms with Crippen LogP contribution in [0.3, 0.4) is 0 Å². The van der Waals surface area contributed by atoms with E-state index in [1.165, 1.54) is 6.33 Å². The van der Waals surface area contributed by atoms with Gasteiger partial charge in [-0.05, 0) is 18.6 Å². The van der Waals surface area contributed by atoms with E-state index in [0.717, 1.165) is 43.3 Å². The number of carbonyl (C=O) groups is 1. The van der Waals surface area contributed by atoms with Crippen molar-refractivity contribution in [1.29, 1.82) is 0 Å². The van der Waals surface area contributed by atoms with Crippen molar-refractivity contribution in [3.63, 3.8) is 0 Å². The van der Waals surface area contributed by atoms with Gasteiger partial charge >= 0.3 is 6.03 Å². The first-order valence-corrected chi connectivity index (χ1v) is 7.15. The van der Waals surface area contributed by atoms with Gasteiger partial charge in [0.05, 0.1) is 12.2 Å². The minimum atomic E-state index is -0.414. The second-order valence-corrected chi connectivity index (χ2v) is 5.00. The van der Waals surface area contributed by atoms with Crippen molar-refractivity contribution in [3.8, 4) is 0 Å². The number of amides is 2. The monoisotopic (exact) mass is 298 g/mol. The normalized spacial score (nSPS) is 18.6. The SMILES string of the molecule is NC(=O)N1C2=CCCN(C2)C2=C1NCC=C2.c1cncnc1. The molecule has 114 valence electrons. The van der Waals surface area contributed by atoms with Crippen LogP contribution in [-0.2, 0) is 0 Å². The minimum Gasteiger partial charge on any atom is -0.366 e. The Hall–Kier alpha value is -2.83. The van der Waals surface area contributed by atoms with E-state index in [1.807, 2.05) is 0 Å². The summed E-state index contributed by atoms with van der Waals surface area (Å²) in [6.07, 6.45) is 12.0. The molecule has 3 aliphatic heterocycles. The third kappa shape index (κ3) is 2.78. The molecular formula is C15H18N6O. The minimum absolute atomic E-state index is 0.414. The van der Waals surface area contributed by atoms with Gasteiger partial charge in [-0.1, -0.05) is 12.2 Å². The second-order valence-electron chi connectivity index (χ2n) is 5.00. The van der Waals surface area contributed by atoms with Gasteiger partial charge in [0, 0.05) is 31.2 Å². The number of rotatable bonds is 0. The van der Waals surface area contributed by atoms with E-state index in [-0.39, 0.29) is 0 Å². The molecule has 4 heterocycles. The van der Waals surface area contributed by atoms with Gasteiger partial charge in [-0.3, -0.25) is 0 Å². The zero-order chi connectivity index (χ0) is 15.4. The van der Waals surface area contributed by atoms with Gasteiger partial charge in [-0.25, -0.2) is 19.7 Å². The first kappa shape index (κ1) is 14.1. The third-order valence-corrected chi connectivity index (χ3v) is 3.59. The highest BCUT2D eigenvalue weighted by Crippen LogP contribution is 2.30. The van der Waals surface area contributed by atoms with E-state index in [9.17, 15) is 4.79 Å². The van der Waals surface area contributed by atoms with Crippen molar-refractivity contribution >= 4 is 6.03 Å². The summed E-state index contributed by atoms with van der Waals surface area (Å²) in [5.74, 6) is 0.826. The van der Waals surface area contributed by atoms with Gasteiger partial charge in [0.15, 0.2) is 0 Å². The first-order chi connectivity index (χ1) is 10.8. The Bertz CT molecular complexity index is 610. The standard InChI is InChI=1S/C11H14N4O.C4H4N2/c12-11(16)15-8-3-2-6-14(7-8)9-4-1-5-13-10(9)15;1-2-5-4-6-3-1/h1,3-4,13H,2,5-7H2,(H2,12,16);1-4H. The quantitative estimate of drug-likeness (QED) is 0.739.